The van der Waals surface area contributed by atoms with Gasteiger partial charge in [-0.1, -0.05) is 18.3 Å². The van der Waals surface area contributed by atoms with E-state index in [0.29, 0.717) is 23.7 Å². The summed E-state index contributed by atoms with van der Waals surface area (Å²) in [4.78, 5) is 33.0. The number of hydrogen-bond acceptors (Lipinski definition) is 6. The summed E-state index contributed by atoms with van der Waals surface area (Å²) in [5.74, 6) is -0.206. The molecule has 1 aliphatic rings. The van der Waals surface area contributed by atoms with Crippen molar-refractivity contribution in [3.8, 4) is 0 Å². The molecule has 1 saturated heterocycles. The fraction of sp³-hybridized carbons (Fsp3) is 0.667. The second kappa shape index (κ2) is 7.58. The third-order valence-corrected chi connectivity index (χ3v) is 4.74. The highest BCUT2D eigenvalue weighted by atomic mass is 32.1. The van der Waals surface area contributed by atoms with Gasteiger partial charge in [0.2, 0.25) is 5.91 Å². The topological polar surface area (TPSA) is 62.7 Å². The molecule has 2 rings (SSSR count). The van der Waals surface area contributed by atoms with Crippen LogP contribution in [-0.4, -0.2) is 54.5 Å². The molecular formula is C15H23N3O3S. The first-order chi connectivity index (χ1) is 10.6. The number of ether oxygens (including phenoxy) is 1. The summed E-state index contributed by atoms with van der Waals surface area (Å²) in [6.07, 6.45) is 1.88. The molecular weight excluding hydrogens is 302 g/mol. The lowest BCUT2D eigenvalue weighted by atomic mass is 10.3. The van der Waals surface area contributed by atoms with Gasteiger partial charge < -0.3 is 14.5 Å². The maximum atomic E-state index is 12.3. The van der Waals surface area contributed by atoms with Crippen LogP contribution in [0.5, 0.6) is 0 Å². The lowest BCUT2D eigenvalue weighted by molar-refractivity contribution is -0.129. The Morgan fingerprint density at radius 1 is 1.36 bits per heavy atom. The van der Waals surface area contributed by atoms with Crippen molar-refractivity contribution >= 4 is 28.3 Å². The van der Waals surface area contributed by atoms with E-state index in [1.807, 2.05) is 9.80 Å². The Morgan fingerprint density at radius 2 is 2.14 bits per heavy atom. The quantitative estimate of drug-likeness (QED) is 0.776. The summed E-state index contributed by atoms with van der Waals surface area (Å²) < 4.78 is 5.04. The molecule has 1 fully saturated rings. The molecule has 0 spiro atoms. The van der Waals surface area contributed by atoms with E-state index >= 15 is 0 Å². The molecule has 1 aromatic rings. The van der Waals surface area contributed by atoms with Gasteiger partial charge in [0.15, 0.2) is 5.13 Å². The minimum atomic E-state index is -0.336. The zero-order valence-electron chi connectivity index (χ0n) is 13.4. The van der Waals surface area contributed by atoms with E-state index in [1.165, 1.54) is 11.3 Å². The van der Waals surface area contributed by atoms with Gasteiger partial charge in [0, 0.05) is 19.6 Å². The summed E-state index contributed by atoms with van der Waals surface area (Å²) in [5.41, 5.74) is 0.667. The molecule has 0 atom stereocenters. The molecule has 0 aromatic carbocycles. The number of esters is 1. The van der Waals surface area contributed by atoms with Crippen molar-refractivity contribution in [2.24, 2.45) is 0 Å². The van der Waals surface area contributed by atoms with Crippen LogP contribution in [0.1, 0.15) is 42.1 Å². The van der Waals surface area contributed by atoms with Crippen molar-refractivity contribution in [1.82, 2.24) is 9.88 Å². The monoisotopic (exact) mass is 325 g/mol. The van der Waals surface area contributed by atoms with Crippen molar-refractivity contribution in [1.29, 1.82) is 0 Å². The summed E-state index contributed by atoms with van der Waals surface area (Å²) in [6.45, 7) is 8.71. The third kappa shape index (κ3) is 3.76. The lowest BCUT2D eigenvalue weighted by Crippen LogP contribution is -2.37. The molecule has 0 bridgehead atoms. The minimum Gasteiger partial charge on any atom is -0.462 e. The molecule has 122 valence electrons. The molecule has 22 heavy (non-hydrogen) atoms. The van der Waals surface area contributed by atoms with Gasteiger partial charge in [0.05, 0.1) is 18.8 Å². The number of rotatable bonds is 5. The number of aryl methyl sites for hydroxylation is 1. The van der Waals surface area contributed by atoms with E-state index in [2.05, 4.69) is 11.9 Å². The first-order valence-electron chi connectivity index (χ1n) is 7.74. The fourth-order valence-corrected chi connectivity index (χ4v) is 3.48. The summed E-state index contributed by atoms with van der Waals surface area (Å²) in [7, 11) is 0. The summed E-state index contributed by atoms with van der Waals surface area (Å²) in [6, 6.07) is 0. The highest BCUT2D eigenvalue weighted by Gasteiger charge is 2.25. The Bertz CT molecular complexity index is 544. The van der Waals surface area contributed by atoms with Crippen LogP contribution >= 0.6 is 11.3 Å². The van der Waals surface area contributed by atoms with E-state index in [-0.39, 0.29) is 11.9 Å². The first kappa shape index (κ1) is 16.7. The number of carbonyl (C=O) groups excluding carboxylic acids is 2. The molecule has 1 amide bonds. The normalized spacial score (nSPS) is 15.9. The van der Waals surface area contributed by atoms with Crippen molar-refractivity contribution in [3.63, 3.8) is 0 Å². The summed E-state index contributed by atoms with van der Waals surface area (Å²) in [5, 5.41) is 0.729. The van der Waals surface area contributed by atoms with Gasteiger partial charge in [-0.25, -0.2) is 9.78 Å². The molecule has 0 unspecified atom stereocenters. The molecule has 0 radical (unpaired) electrons. The molecule has 6 nitrogen and oxygen atoms in total. The largest absolute Gasteiger partial charge is 0.462 e. The smallest absolute Gasteiger partial charge is 0.350 e. The number of carbonyl (C=O) groups is 2. The lowest BCUT2D eigenvalue weighted by Gasteiger charge is -2.20. The maximum absolute atomic E-state index is 12.3. The van der Waals surface area contributed by atoms with Gasteiger partial charge in [-0.3, -0.25) is 4.79 Å². The van der Waals surface area contributed by atoms with E-state index in [0.717, 1.165) is 37.6 Å². The van der Waals surface area contributed by atoms with Crippen LogP contribution in [0.2, 0.25) is 0 Å². The van der Waals surface area contributed by atoms with Gasteiger partial charge in [0.1, 0.15) is 4.88 Å². The van der Waals surface area contributed by atoms with E-state index in [1.54, 1.807) is 13.8 Å². The Labute approximate surface area is 135 Å². The van der Waals surface area contributed by atoms with Gasteiger partial charge in [-0.15, -0.1) is 0 Å². The second-order valence-electron chi connectivity index (χ2n) is 5.29. The predicted octanol–water partition coefficient (Wildman–Crippen LogP) is 2.08. The van der Waals surface area contributed by atoms with Gasteiger partial charge >= 0.3 is 5.97 Å². The van der Waals surface area contributed by atoms with Crippen molar-refractivity contribution in [2.75, 3.05) is 37.7 Å². The van der Waals surface area contributed by atoms with Crippen LogP contribution in [0, 0.1) is 6.92 Å². The molecule has 7 heteroatoms. The highest BCUT2D eigenvalue weighted by Crippen LogP contribution is 2.27. The Balaban J connectivity index is 2.13. The van der Waals surface area contributed by atoms with Gasteiger partial charge in [0.25, 0.3) is 0 Å². The third-order valence-electron chi connectivity index (χ3n) is 3.55. The van der Waals surface area contributed by atoms with Crippen molar-refractivity contribution < 1.29 is 14.3 Å². The van der Waals surface area contributed by atoms with Gasteiger partial charge in [-0.2, -0.15) is 0 Å². The van der Waals surface area contributed by atoms with Crippen LogP contribution in [0.25, 0.3) is 0 Å². The first-order valence-corrected chi connectivity index (χ1v) is 8.55. The van der Waals surface area contributed by atoms with E-state index in [9.17, 15) is 9.59 Å². The maximum Gasteiger partial charge on any atom is 0.350 e. The molecule has 1 aliphatic heterocycles. The van der Waals surface area contributed by atoms with E-state index in [4.69, 9.17) is 4.74 Å². The van der Waals surface area contributed by atoms with Crippen LogP contribution in [0.4, 0.5) is 5.13 Å². The highest BCUT2D eigenvalue weighted by molar-refractivity contribution is 7.17. The second-order valence-corrected chi connectivity index (χ2v) is 6.26. The predicted molar refractivity (Wildman–Crippen MR) is 86.5 cm³/mol. The summed E-state index contributed by atoms with van der Waals surface area (Å²) >= 11 is 1.31. The fourth-order valence-electron chi connectivity index (χ4n) is 2.49. The SMILES string of the molecule is CCCN1CCCN(c2nc(C)c(C(=O)OCC)s2)CC1=O. The number of amides is 1. The average molecular weight is 325 g/mol. The number of thiazole rings is 1. The Morgan fingerprint density at radius 3 is 2.82 bits per heavy atom. The number of aromatic nitrogens is 1. The zero-order valence-corrected chi connectivity index (χ0v) is 14.2. The molecule has 0 N–H and O–H groups in total. The van der Waals surface area contributed by atoms with Crippen LogP contribution in [0.3, 0.4) is 0 Å². The molecule has 0 aliphatic carbocycles. The Kier molecular flexibility index (Phi) is 5.76. The number of hydrogen-bond donors (Lipinski definition) is 0. The van der Waals surface area contributed by atoms with Crippen LogP contribution < -0.4 is 4.90 Å². The Hall–Kier alpha value is -1.63. The molecule has 1 aromatic heterocycles. The van der Waals surface area contributed by atoms with E-state index < -0.39 is 0 Å². The average Bonchev–Trinajstić information content (AvgIpc) is 2.77. The van der Waals surface area contributed by atoms with Gasteiger partial charge in [-0.05, 0) is 26.7 Å². The van der Waals surface area contributed by atoms with Crippen LogP contribution in [0.15, 0.2) is 0 Å². The van der Waals surface area contributed by atoms with Crippen molar-refractivity contribution in [2.45, 2.75) is 33.6 Å². The van der Waals surface area contributed by atoms with Crippen LogP contribution in [-0.2, 0) is 9.53 Å². The zero-order chi connectivity index (χ0) is 16.1. The van der Waals surface area contributed by atoms with Crippen molar-refractivity contribution in [3.05, 3.63) is 10.6 Å². The number of nitrogens with zero attached hydrogens (tertiary/aromatic N) is 3. The number of anilines is 1. The molecule has 2 heterocycles. The molecule has 0 saturated carbocycles. The minimum absolute atomic E-state index is 0.130. The standard InChI is InChI=1S/C15H23N3O3S/c1-4-7-17-8-6-9-18(10-12(17)19)15-16-11(3)13(22-15)14(20)21-5-2/h4-10H2,1-3H3.